The Hall–Kier alpha value is -0.640. The molecule has 0 bridgehead atoms. The number of halogens is 2. The smallest absolute Gasteiger partial charge is 0.142 e. The molecule has 4 heteroatoms. The lowest BCUT2D eigenvalue weighted by Crippen LogP contribution is -2.62. The minimum atomic E-state index is -0.326. The predicted octanol–water partition coefficient (Wildman–Crippen LogP) is 4.22. The van der Waals surface area contributed by atoms with Gasteiger partial charge in [-0.3, -0.25) is 4.90 Å². The van der Waals surface area contributed by atoms with Gasteiger partial charge < -0.3 is 5.32 Å². The fourth-order valence-electron chi connectivity index (χ4n) is 3.05. The van der Waals surface area contributed by atoms with Gasteiger partial charge in [-0.2, -0.15) is 0 Å². The van der Waals surface area contributed by atoms with Gasteiger partial charge in [-0.05, 0) is 31.4 Å². The maximum absolute atomic E-state index is 13.6. The van der Waals surface area contributed by atoms with Gasteiger partial charge in [-0.25, -0.2) is 4.39 Å². The lowest BCUT2D eigenvalue weighted by atomic mass is 9.90. The van der Waals surface area contributed by atoms with Crippen molar-refractivity contribution in [3.8, 4) is 0 Å². The van der Waals surface area contributed by atoms with Gasteiger partial charge >= 0.3 is 0 Å². The van der Waals surface area contributed by atoms with Gasteiger partial charge in [0.15, 0.2) is 0 Å². The predicted molar refractivity (Wildman–Crippen MR) is 87.2 cm³/mol. The van der Waals surface area contributed by atoms with Crippen LogP contribution in [0.3, 0.4) is 0 Å². The van der Waals surface area contributed by atoms with Crippen molar-refractivity contribution in [2.75, 3.05) is 13.1 Å². The van der Waals surface area contributed by atoms with E-state index >= 15 is 0 Å². The van der Waals surface area contributed by atoms with Crippen LogP contribution >= 0.6 is 11.6 Å². The molecule has 1 saturated heterocycles. The van der Waals surface area contributed by atoms with E-state index in [2.05, 4.69) is 31.0 Å². The number of hydrogen-bond donors (Lipinski definition) is 1. The first kappa shape index (κ1) is 16.7. The second kappa shape index (κ2) is 7.08. The molecule has 2 unspecified atom stereocenters. The molecular formula is C17H26ClFN2. The molecule has 1 aromatic carbocycles. The third-order valence-corrected chi connectivity index (χ3v) is 5.19. The zero-order valence-electron chi connectivity index (χ0n) is 13.3. The van der Waals surface area contributed by atoms with Crippen molar-refractivity contribution < 1.29 is 4.39 Å². The van der Waals surface area contributed by atoms with E-state index in [0.29, 0.717) is 12.6 Å². The summed E-state index contributed by atoms with van der Waals surface area (Å²) in [5.74, 6) is -0.326. The van der Waals surface area contributed by atoms with E-state index in [4.69, 9.17) is 11.6 Å². The van der Waals surface area contributed by atoms with E-state index in [1.54, 1.807) is 6.07 Å². The van der Waals surface area contributed by atoms with Gasteiger partial charge in [0.2, 0.25) is 0 Å². The number of nitrogens with zero attached hydrogens (tertiary/aromatic N) is 1. The third-order valence-electron chi connectivity index (χ3n) is 4.77. The highest BCUT2D eigenvalue weighted by Crippen LogP contribution is 2.29. The molecule has 118 valence electrons. The van der Waals surface area contributed by atoms with Gasteiger partial charge in [-0.15, -0.1) is 0 Å². The van der Waals surface area contributed by atoms with Crippen LogP contribution < -0.4 is 5.32 Å². The van der Waals surface area contributed by atoms with Crippen molar-refractivity contribution >= 4 is 11.6 Å². The molecule has 1 aliphatic heterocycles. The molecular weight excluding hydrogens is 287 g/mol. The van der Waals surface area contributed by atoms with E-state index in [9.17, 15) is 4.39 Å². The Morgan fingerprint density at radius 2 is 2.19 bits per heavy atom. The maximum atomic E-state index is 13.6. The molecule has 0 spiro atoms. The molecule has 1 aliphatic rings. The SMILES string of the molecule is CCCC1CN(Cc2cccc(F)c2Cl)C(C)(CC)CN1. The minimum Gasteiger partial charge on any atom is -0.311 e. The van der Waals surface area contributed by atoms with E-state index < -0.39 is 0 Å². The molecule has 0 amide bonds. The summed E-state index contributed by atoms with van der Waals surface area (Å²) < 4.78 is 13.6. The quantitative estimate of drug-likeness (QED) is 0.875. The van der Waals surface area contributed by atoms with Crippen molar-refractivity contribution in [1.82, 2.24) is 10.2 Å². The summed E-state index contributed by atoms with van der Waals surface area (Å²) in [5, 5.41) is 3.92. The maximum Gasteiger partial charge on any atom is 0.142 e. The molecule has 0 radical (unpaired) electrons. The number of benzene rings is 1. The fourth-order valence-corrected chi connectivity index (χ4v) is 3.23. The largest absolute Gasteiger partial charge is 0.311 e. The summed E-state index contributed by atoms with van der Waals surface area (Å²) in [7, 11) is 0. The zero-order valence-corrected chi connectivity index (χ0v) is 14.0. The summed E-state index contributed by atoms with van der Waals surface area (Å²) in [6.45, 7) is 9.37. The molecule has 0 saturated carbocycles. The number of hydrogen-bond acceptors (Lipinski definition) is 2. The van der Waals surface area contributed by atoms with Crippen molar-refractivity contribution in [3.05, 3.63) is 34.6 Å². The van der Waals surface area contributed by atoms with Crippen LogP contribution in [-0.4, -0.2) is 29.6 Å². The fraction of sp³-hybridized carbons (Fsp3) is 0.647. The van der Waals surface area contributed by atoms with E-state index in [1.807, 2.05) is 6.07 Å². The van der Waals surface area contributed by atoms with E-state index in [-0.39, 0.29) is 16.4 Å². The average molecular weight is 313 g/mol. The Kier molecular flexibility index (Phi) is 5.64. The van der Waals surface area contributed by atoms with Gasteiger partial charge in [0.25, 0.3) is 0 Å². The topological polar surface area (TPSA) is 15.3 Å². The van der Waals surface area contributed by atoms with E-state index in [0.717, 1.165) is 25.1 Å². The minimum absolute atomic E-state index is 0.0971. The van der Waals surface area contributed by atoms with Crippen LogP contribution in [0.25, 0.3) is 0 Å². The second-order valence-corrected chi connectivity index (χ2v) is 6.69. The molecule has 1 fully saturated rings. The first-order valence-electron chi connectivity index (χ1n) is 7.91. The van der Waals surface area contributed by atoms with Crippen LogP contribution in [0.2, 0.25) is 5.02 Å². The van der Waals surface area contributed by atoms with Crippen molar-refractivity contribution in [3.63, 3.8) is 0 Å². The van der Waals surface area contributed by atoms with Gasteiger partial charge in [0.1, 0.15) is 5.82 Å². The average Bonchev–Trinajstić information content (AvgIpc) is 2.48. The third kappa shape index (κ3) is 3.77. The molecule has 21 heavy (non-hydrogen) atoms. The van der Waals surface area contributed by atoms with Crippen LogP contribution in [0.5, 0.6) is 0 Å². The van der Waals surface area contributed by atoms with Gasteiger partial charge in [-0.1, -0.05) is 44.0 Å². The monoisotopic (exact) mass is 312 g/mol. The molecule has 2 rings (SSSR count). The highest BCUT2D eigenvalue weighted by molar-refractivity contribution is 6.31. The zero-order chi connectivity index (χ0) is 15.5. The lowest BCUT2D eigenvalue weighted by Gasteiger charge is -2.48. The first-order valence-corrected chi connectivity index (χ1v) is 8.29. The summed E-state index contributed by atoms with van der Waals surface area (Å²) in [4.78, 5) is 2.46. The van der Waals surface area contributed by atoms with Crippen molar-refractivity contribution in [2.24, 2.45) is 0 Å². The van der Waals surface area contributed by atoms with Crippen LogP contribution in [0.4, 0.5) is 4.39 Å². The standard InChI is InChI=1S/C17H26ClFN2/c1-4-7-14-11-21(17(3,5-2)12-20-14)10-13-8-6-9-15(19)16(13)18/h6,8-9,14,20H,4-5,7,10-12H2,1-3H3. The molecule has 1 heterocycles. The Morgan fingerprint density at radius 1 is 1.43 bits per heavy atom. The summed E-state index contributed by atoms with van der Waals surface area (Å²) >= 11 is 6.13. The van der Waals surface area contributed by atoms with Gasteiger partial charge in [0, 0.05) is 31.2 Å². The van der Waals surface area contributed by atoms with Crippen LogP contribution in [0, 0.1) is 5.82 Å². The Bertz CT molecular complexity index is 480. The van der Waals surface area contributed by atoms with Crippen molar-refractivity contribution in [2.45, 2.75) is 58.2 Å². The van der Waals surface area contributed by atoms with Crippen LogP contribution in [0.1, 0.15) is 45.6 Å². The van der Waals surface area contributed by atoms with Crippen LogP contribution in [0.15, 0.2) is 18.2 Å². The molecule has 2 atom stereocenters. The molecule has 2 nitrogen and oxygen atoms in total. The van der Waals surface area contributed by atoms with Crippen LogP contribution in [-0.2, 0) is 6.54 Å². The first-order chi connectivity index (χ1) is 10.00. The molecule has 0 aromatic heterocycles. The van der Waals surface area contributed by atoms with E-state index in [1.165, 1.54) is 18.9 Å². The molecule has 1 N–H and O–H groups in total. The second-order valence-electron chi connectivity index (χ2n) is 6.31. The highest BCUT2D eigenvalue weighted by atomic mass is 35.5. The summed E-state index contributed by atoms with van der Waals surface area (Å²) in [6.07, 6.45) is 3.41. The lowest BCUT2D eigenvalue weighted by molar-refractivity contribution is 0.0396. The number of nitrogens with one attached hydrogen (secondary N) is 1. The van der Waals surface area contributed by atoms with Crippen molar-refractivity contribution in [1.29, 1.82) is 0 Å². The van der Waals surface area contributed by atoms with Gasteiger partial charge in [0.05, 0.1) is 5.02 Å². The number of rotatable bonds is 5. The normalized spacial score (nSPS) is 27.0. The Labute approximate surface area is 132 Å². The highest BCUT2D eigenvalue weighted by Gasteiger charge is 2.36. The summed E-state index contributed by atoms with van der Waals surface area (Å²) in [5.41, 5.74) is 0.980. The number of piperazine rings is 1. The summed E-state index contributed by atoms with van der Waals surface area (Å²) in [6, 6.07) is 5.61. The Balaban J connectivity index is 2.18. The molecule has 1 aromatic rings. The Morgan fingerprint density at radius 3 is 2.86 bits per heavy atom. The molecule has 0 aliphatic carbocycles.